The van der Waals surface area contributed by atoms with Gasteiger partial charge >= 0.3 is 17.8 Å². The standard InChI is InChI=1S/C26H24FN3O5/c1-2-3-16-34-22-14-6-19(7-15-22)26(33)35-23-12-4-18(5-13-23)17-28-30-25(32)24(31)29-21-10-8-20(27)9-11-21/h4-15,17H,2-3,16H2,1H3,(H,29,31)(H,30,32)/b28-17-. The molecule has 3 rings (SSSR count). The van der Waals surface area contributed by atoms with Crippen LogP contribution in [-0.2, 0) is 9.59 Å². The SMILES string of the molecule is CCCCOc1ccc(C(=O)Oc2ccc(/C=N\NC(=O)C(=O)Nc3ccc(F)cc3)cc2)cc1. The lowest BCUT2D eigenvalue weighted by molar-refractivity contribution is -0.136. The van der Waals surface area contributed by atoms with Crippen LogP contribution in [0.5, 0.6) is 11.5 Å². The number of hydrogen-bond donors (Lipinski definition) is 2. The van der Waals surface area contributed by atoms with Gasteiger partial charge in [-0.1, -0.05) is 13.3 Å². The summed E-state index contributed by atoms with van der Waals surface area (Å²) in [5.41, 5.74) is 3.36. The van der Waals surface area contributed by atoms with Crippen LogP contribution < -0.4 is 20.2 Å². The van der Waals surface area contributed by atoms with Crippen molar-refractivity contribution in [3.8, 4) is 11.5 Å². The number of esters is 1. The number of halogens is 1. The fourth-order valence-electron chi connectivity index (χ4n) is 2.75. The van der Waals surface area contributed by atoms with Crippen molar-refractivity contribution in [2.24, 2.45) is 5.10 Å². The molecule has 0 saturated heterocycles. The number of unbranched alkanes of at least 4 members (excludes halogenated alkanes) is 1. The third-order valence-electron chi connectivity index (χ3n) is 4.64. The molecule has 0 spiro atoms. The molecule has 0 bridgehead atoms. The average Bonchev–Trinajstić information content (AvgIpc) is 2.87. The highest BCUT2D eigenvalue weighted by Crippen LogP contribution is 2.17. The number of hydrazone groups is 1. The molecule has 0 aliphatic rings. The van der Waals surface area contributed by atoms with Crippen molar-refractivity contribution in [1.82, 2.24) is 5.43 Å². The lowest BCUT2D eigenvalue weighted by Gasteiger charge is -2.07. The molecule has 180 valence electrons. The normalized spacial score (nSPS) is 10.6. The van der Waals surface area contributed by atoms with Crippen LogP contribution >= 0.6 is 0 Å². The maximum absolute atomic E-state index is 12.9. The minimum absolute atomic E-state index is 0.275. The molecule has 3 aromatic rings. The van der Waals surface area contributed by atoms with Crippen LogP contribution in [0.3, 0.4) is 0 Å². The van der Waals surface area contributed by atoms with Crippen LogP contribution in [0.2, 0.25) is 0 Å². The minimum atomic E-state index is -0.988. The molecule has 35 heavy (non-hydrogen) atoms. The van der Waals surface area contributed by atoms with Crippen LogP contribution in [0, 0.1) is 5.82 Å². The first-order valence-electron chi connectivity index (χ1n) is 10.9. The molecule has 0 fully saturated rings. The molecule has 8 nitrogen and oxygen atoms in total. The minimum Gasteiger partial charge on any atom is -0.494 e. The van der Waals surface area contributed by atoms with Gasteiger partial charge in [-0.25, -0.2) is 14.6 Å². The maximum Gasteiger partial charge on any atom is 0.343 e. The maximum atomic E-state index is 12.9. The molecular weight excluding hydrogens is 453 g/mol. The van der Waals surface area contributed by atoms with Crippen molar-refractivity contribution >= 4 is 29.7 Å². The summed E-state index contributed by atoms with van der Waals surface area (Å²) in [6.45, 7) is 2.71. The van der Waals surface area contributed by atoms with Crippen LogP contribution in [0.25, 0.3) is 0 Å². The molecule has 0 unspecified atom stereocenters. The number of rotatable bonds is 9. The second kappa shape index (κ2) is 12.6. The number of benzene rings is 3. The van der Waals surface area contributed by atoms with E-state index in [0.717, 1.165) is 25.0 Å². The van der Waals surface area contributed by atoms with E-state index in [4.69, 9.17) is 9.47 Å². The molecule has 0 aliphatic carbocycles. The first kappa shape index (κ1) is 25.1. The Bertz CT molecular complexity index is 1180. The third-order valence-corrected chi connectivity index (χ3v) is 4.64. The van der Waals surface area contributed by atoms with Crippen molar-refractivity contribution < 1.29 is 28.2 Å². The van der Waals surface area contributed by atoms with E-state index in [1.165, 1.54) is 18.3 Å². The number of amides is 2. The highest BCUT2D eigenvalue weighted by atomic mass is 19.1. The Kier molecular flexibility index (Phi) is 9.07. The van der Waals surface area contributed by atoms with Crippen molar-refractivity contribution in [3.63, 3.8) is 0 Å². The zero-order valence-electron chi connectivity index (χ0n) is 19.0. The number of nitrogens with zero attached hydrogens (tertiary/aromatic N) is 1. The van der Waals surface area contributed by atoms with Gasteiger partial charge in [0.15, 0.2) is 0 Å². The predicted molar refractivity (Wildman–Crippen MR) is 129 cm³/mol. The lowest BCUT2D eigenvalue weighted by Crippen LogP contribution is -2.32. The molecule has 2 amide bonds. The highest BCUT2D eigenvalue weighted by Gasteiger charge is 2.13. The molecule has 0 aromatic heterocycles. The van der Waals surface area contributed by atoms with Crippen molar-refractivity contribution in [2.45, 2.75) is 19.8 Å². The second-order valence-corrected chi connectivity index (χ2v) is 7.35. The van der Waals surface area contributed by atoms with Gasteiger partial charge in [-0.05, 0) is 84.8 Å². The predicted octanol–water partition coefficient (Wildman–Crippen LogP) is 4.31. The van der Waals surface area contributed by atoms with Crippen LogP contribution in [0.1, 0.15) is 35.7 Å². The zero-order valence-corrected chi connectivity index (χ0v) is 19.0. The van der Waals surface area contributed by atoms with E-state index in [9.17, 15) is 18.8 Å². The Labute approximate surface area is 201 Å². The van der Waals surface area contributed by atoms with Crippen molar-refractivity contribution in [2.75, 3.05) is 11.9 Å². The fraction of sp³-hybridized carbons (Fsp3) is 0.154. The molecule has 3 aromatic carbocycles. The van der Waals surface area contributed by atoms with E-state index >= 15 is 0 Å². The largest absolute Gasteiger partial charge is 0.494 e. The molecule has 0 aliphatic heterocycles. The van der Waals surface area contributed by atoms with E-state index in [2.05, 4.69) is 22.8 Å². The van der Waals surface area contributed by atoms with Crippen LogP contribution in [-0.4, -0.2) is 30.6 Å². The van der Waals surface area contributed by atoms with Gasteiger partial charge in [-0.3, -0.25) is 9.59 Å². The van der Waals surface area contributed by atoms with Crippen molar-refractivity contribution in [3.05, 3.63) is 89.7 Å². The summed E-state index contributed by atoms with van der Waals surface area (Å²) >= 11 is 0. The van der Waals surface area contributed by atoms with Gasteiger partial charge in [0.25, 0.3) is 0 Å². The summed E-state index contributed by atoms with van der Waals surface area (Å²) in [6.07, 6.45) is 3.33. The summed E-state index contributed by atoms with van der Waals surface area (Å²) in [5, 5.41) is 6.05. The molecule has 2 N–H and O–H groups in total. The number of ether oxygens (including phenoxy) is 2. The van der Waals surface area contributed by atoms with Crippen LogP contribution in [0.4, 0.5) is 10.1 Å². The summed E-state index contributed by atoms with van der Waals surface area (Å²) < 4.78 is 23.8. The van der Waals surface area contributed by atoms with E-state index in [1.54, 1.807) is 48.5 Å². The van der Waals surface area contributed by atoms with Gasteiger partial charge in [-0.15, -0.1) is 0 Å². The highest BCUT2D eigenvalue weighted by molar-refractivity contribution is 6.39. The smallest absolute Gasteiger partial charge is 0.343 e. The first-order valence-corrected chi connectivity index (χ1v) is 10.9. The van der Waals surface area contributed by atoms with E-state index in [1.807, 2.05) is 0 Å². The monoisotopic (exact) mass is 477 g/mol. The summed E-state index contributed by atoms with van der Waals surface area (Å²) in [7, 11) is 0. The third kappa shape index (κ3) is 8.08. The van der Waals surface area contributed by atoms with Gasteiger partial charge in [0.2, 0.25) is 0 Å². The molecule has 0 saturated carbocycles. The Morgan fingerprint density at radius 2 is 1.54 bits per heavy atom. The number of nitrogens with one attached hydrogen (secondary N) is 2. The second-order valence-electron chi connectivity index (χ2n) is 7.35. The van der Waals surface area contributed by atoms with Crippen LogP contribution in [0.15, 0.2) is 77.9 Å². The topological polar surface area (TPSA) is 106 Å². The fourth-order valence-corrected chi connectivity index (χ4v) is 2.75. The quantitative estimate of drug-likeness (QED) is 0.119. The Hall–Kier alpha value is -4.53. The molecule has 0 heterocycles. The Morgan fingerprint density at radius 1 is 0.886 bits per heavy atom. The van der Waals surface area contributed by atoms with Gasteiger partial charge in [-0.2, -0.15) is 5.10 Å². The molecular formula is C26H24FN3O5. The molecule has 0 radical (unpaired) electrons. The van der Waals surface area contributed by atoms with E-state index < -0.39 is 23.6 Å². The molecule has 9 heteroatoms. The van der Waals surface area contributed by atoms with Crippen molar-refractivity contribution in [1.29, 1.82) is 0 Å². The van der Waals surface area contributed by atoms with Gasteiger partial charge in [0, 0.05) is 5.69 Å². The summed E-state index contributed by atoms with van der Waals surface area (Å²) in [5.74, 6) is -1.88. The number of carbonyl (C=O) groups is 3. The Morgan fingerprint density at radius 3 is 2.20 bits per heavy atom. The summed E-state index contributed by atoms with van der Waals surface area (Å²) in [6, 6.07) is 18.1. The lowest BCUT2D eigenvalue weighted by atomic mass is 10.2. The first-order chi connectivity index (χ1) is 16.9. The zero-order chi connectivity index (χ0) is 25.0. The Balaban J connectivity index is 1.46. The van der Waals surface area contributed by atoms with Gasteiger partial charge in [0.1, 0.15) is 17.3 Å². The van der Waals surface area contributed by atoms with Gasteiger partial charge in [0.05, 0.1) is 18.4 Å². The molecule has 0 atom stereocenters. The average molecular weight is 477 g/mol. The van der Waals surface area contributed by atoms with Gasteiger partial charge < -0.3 is 14.8 Å². The number of anilines is 1. The van der Waals surface area contributed by atoms with E-state index in [-0.39, 0.29) is 5.69 Å². The number of carbonyl (C=O) groups excluding carboxylic acids is 3. The number of hydrogen-bond acceptors (Lipinski definition) is 6. The van der Waals surface area contributed by atoms with E-state index in [0.29, 0.717) is 29.2 Å². The summed E-state index contributed by atoms with van der Waals surface area (Å²) in [4.78, 5) is 36.0.